The summed E-state index contributed by atoms with van der Waals surface area (Å²) in [5, 5.41) is 8.89. The molecule has 0 aromatic heterocycles. The van der Waals surface area contributed by atoms with E-state index in [4.69, 9.17) is 15.6 Å². The number of hydrogen-bond acceptors (Lipinski definition) is 4. The highest BCUT2D eigenvalue weighted by Crippen LogP contribution is 2.25. The SMILES string of the molecule is CN(C)CCCOc1cccc(C(=O)O)c1N. The topological polar surface area (TPSA) is 75.8 Å². The van der Waals surface area contributed by atoms with Gasteiger partial charge in [0.25, 0.3) is 0 Å². The summed E-state index contributed by atoms with van der Waals surface area (Å²) in [6.45, 7) is 1.43. The standard InChI is InChI=1S/C12H18N2O3/c1-14(2)7-4-8-17-10-6-3-5-9(11(10)13)12(15)16/h3,5-6H,4,7-8,13H2,1-2H3,(H,15,16). The molecule has 0 radical (unpaired) electrons. The molecule has 1 aromatic rings. The largest absolute Gasteiger partial charge is 0.491 e. The van der Waals surface area contributed by atoms with Gasteiger partial charge in [0.05, 0.1) is 17.9 Å². The number of ether oxygens (including phenoxy) is 1. The summed E-state index contributed by atoms with van der Waals surface area (Å²) >= 11 is 0. The highest BCUT2D eigenvalue weighted by molar-refractivity contribution is 5.95. The van der Waals surface area contributed by atoms with Gasteiger partial charge in [0.15, 0.2) is 0 Å². The molecular weight excluding hydrogens is 220 g/mol. The molecule has 1 rings (SSSR count). The molecule has 0 unspecified atom stereocenters. The summed E-state index contributed by atoms with van der Waals surface area (Å²) in [6, 6.07) is 4.77. The van der Waals surface area contributed by atoms with E-state index in [2.05, 4.69) is 4.90 Å². The summed E-state index contributed by atoms with van der Waals surface area (Å²) in [4.78, 5) is 12.9. The van der Waals surface area contributed by atoms with E-state index in [1.165, 1.54) is 6.07 Å². The fourth-order valence-corrected chi connectivity index (χ4v) is 1.42. The first-order valence-electron chi connectivity index (χ1n) is 5.41. The van der Waals surface area contributed by atoms with Crippen LogP contribution in [0.3, 0.4) is 0 Å². The zero-order valence-electron chi connectivity index (χ0n) is 10.1. The third-order valence-corrected chi connectivity index (χ3v) is 2.30. The average Bonchev–Trinajstić information content (AvgIpc) is 2.25. The molecule has 0 atom stereocenters. The molecule has 0 aliphatic carbocycles. The van der Waals surface area contributed by atoms with Crippen molar-refractivity contribution >= 4 is 11.7 Å². The number of nitrogens with two attached hydrogens (primary N) is 1. The zero-order chi connectivity index (χ0) is 12.8. The molecule has 94 valence electrons. The molecule has 0 aliphatic heterocycles. The predicted molar refractivity (Wildman–Crippen MR) is 66.5 cm³/mol. The first-order valence-corrected chi connectivity index (χ1v) is 5.41. The first-order chi connectivity index (χ1) is 8.02. The van der Waals surface area contributed by atoms with Crippen molar-refractivity contribution in [3.63, 3.8) is 0 Å². The predicted octanol–water partition coefficient (Wildman–Crippen LogP) is 1.30. The molecule has 0 aliphatic rings. The molecule has 5 nitrogen and oxygen atoms in total. The van der Waals surface area contributed by atoms with Crippen molar-refractivity contribution < 1.29 is 14.6 Å². The molecule has 0 amide bonds. The number of rotatable bonds is 6. The van der Waals surface area contributed by atoms with Gasteiger partial charge in [0, 0.05) is 6.54 Å². The summed E-state index contributed by atoms with van der Waals surface area (Å²) in [5.41, 5.74) is 5.97. The molecule has 5 heteroatoms. The minimum Gasteiger partial charge on any atom is -0.491 e. The third-order valence-electron chi connectivity index (χ3n) is 2.30. The second-order valence-electron chi connectivity index (χ2n) is 4.03. The van der Waals surface area contributed by atoms with E-state index in [1.807, 2.05) is 14.1 Å². The lowest BCUT2D eigenvalue weighted by atomic mass is 10.1. The van der Waals surface area contributed by atoms with Gasteiger partial charge in [-0.05, 0) is 32.6 Å². The van der Waals surface area contributed by atoms with Gasteiger partial charge in [0.1, 0.15) is 5.75 Å². The minimum atomic E-state index is -1.04. The Labute approximate surface area is 101 Å². The van der Waals surface area contributed by atoms with Crippen molar-refractivity contribution in [1.29, 1.82) is 0 Å². The Kier molecular flexibility index (Phi) is 4.78. The van der Waals surface area contributed by atoms with Gasteiger partial charge in [0.2, 0.25) is 0 Å². The van der Waals surface area contributed by atoms with Crippen molar-refractivity contribution in [3.05, 3.63) is 23.8 Å². The number of nitrogens with zero attached hydrogens (tertiary/aromatic N) is 1. The number of aromatic carboxylic acids is 1. The van der Waals surface area contributed by atoms with E-state index in [-0.39, 0.29) is 11.3 Å². The van der Waals surface area contributed by atoms with Crippen molar-refractivity contribution in [3.8, 4) is 5.75 Å². The summed E-state index contributed by atoms with van der Waals surface area (Å²) < 4.78 is 5.46. The summed E-state index contributed by atoms with van der Waals surface area (Å²) in [6.07, 6.45) is 0.865. The van der Waals surface area contributed by atoms with Gasteiger partial charge < -0.3 is 20.5 Å². The number of para-hydroxylation sites is 1. The van der Waals surface area contributed by atoms with E-state index < -0.39 is 5.97 Å². The molecule has 3 N–H and O–H groups in total. The highest BCUT2D eigenvalue weighted by atomic mass is 16.5. The number of carboxylic acid groups (broad SMARTS) is 1. The first kappa shape index (κ1) is 13.3. The number of anilines is 1. The van der Waals surface area contributed by atoms with Crippen LogP contribution in [0.4, 0.5) is 5.69 Å². The van der Waals surface area contributed by atoms with Gasteiger partial charge in [-0.1, -0.05) is 6.07 Å². The second kappa shape index (κ2) is 6.10. The lowest BCUT2D eigenvalue weighted by Crippen LogP contribution is -2.16. The van der Waals surface area contributed by atoms with Crippen LogP contribution in [0.2, 0.25) is 0 Å². The number of carbonyl (C=O) groups is 1. The Balaban J connectivity index is 2.59. The van der Waals surface area contributed by atoms with E-state index >= 15 is 0 Å². The normalized spacial score (nSPS) is 10.5. The van der Waals surface area contributed by atoms with Gasteiger partial charge in [-0.3, -0.25) is 0 Å². The maximum absolute atomic E-state index is 10.9. The van der Waals surface area contributed by atoms with Gasteiger partial charge >= 0.3 is 5.97 Å². The van der Waals surface area contributed by atoms with Gasteiger partial charge in [-0.2, -0.15) is 0 Å². The Bertz CT molecular complexity index is 391. The van der Waals surface area contributed by atoms with Crippen LogP contribution in [0.1, 0.15) is 16.8 Å². The fourth-order valence-electron chi connectivity index (χ4n) is 1.42. The van der Waals surface area contributed by atoms with Gasteiger partial charge in [-0.15, -0.1) is 0 Å². The zero-order valence-corrected chi connectivity index (χ0v) is 10.1. The lowest BCUT2D eigenvalue weighted by molar-refractivity contribution is 0.0697. The third kappa shape index (κ3) is 3.96. The number of benzene rings is 1. The second-order valence-corrected chi connectivity index (χ2v) is 4.03. The van der Waals surface area contributed by atoms with E-state index in [0.29, 0.717) is 12.4 Å². The van der Waals surface area contributed by atoms with Crippen LogP contribution in [0, 0.1) is 0 Å². The lowest BCUT2D eigenvalue weighted by Gasteiger charge is -2.12. The molecule has 0 heterocycles. The Morgan fingerprint density at radius 1 is 1.47 bits per heavy atom. The molecule has 0 fully saturated rings. The molecular formula is C12H18N2O3. The van der Waals surface area contributed by atoms with Crippen LogP contribution in [-0.4, -0.2) is 43.2 Å². The highest BCUT2D eigenvalue weighted by Gasteiger charge is 2.11. The molecule has 0 spiro atoms. The van der Waals surface area contributed by atoms with Crippen LogP contribution in [0.15, 0.2) is 18.2 Å². The molecule has 0 bridgehead atoms. The molecule has 0 saturated carbocycles. The van der Waals surface area contributed by atoms with Crippen molar-refractivity contribution in [2.75, 3.05) is 33.0 Å². The Morgan fingerprint density at radius 2 is 2.18 bits per heavy atom. The van der Waals surface area contributed by atoms with Crippen molar-refractivity contribution in [1.82, 2.24) is 4.90 Å². The van der Waals surface area contributed by atoms with Crippen LogP contribution >= 0.6 is 0 Å². The number of hydrogen-bond donors (Lipinski definition) is 2. The van der Waals surface area contributed by atoms with Gasteiger partial charge in [-0.25, -0.2) is 4.79 Å². The minimum absolute atomic E-state index is 0.0788. The van der Waals surface area contributed by atoms with E-state index in [0.717, 1.165) is 13.0 Å². The van der Waals surface area contributed by atoms with Crippen LogP contribution in [0.25, 0.3) is 0 Å². The monoisotopic (exact) mass is 238 g/mol. The summed E-state index contributed by atoms with van der Waals surface area (Å²) in [5.74, 6) is -0.607. The summed E-state index contributed by atoms with van der Waals surface area (Å²) in [7, 11) is 3.97. The van der Waals surface area contributed by atoms with Crippen molar-refractivity contribution in [2.45, 2.75) is 6.42 Å². The molecule has 0 saturated heterocycles. The Morgan fingerprint density at radius 3 is 2.76 bits per heavy atom. The van der Waals surface area contributed by atoms with Crippen LogP contribution in [-0.2, 0) is 0 Å². The number of carboxylic acids is 1. The number of nitrogen functional groups attached to an aromatic ring is 1. The smallest absolute Gasteiger partial charge is 0.337 e. The van der Waals surface area contributed by atoms with Crippen molar-refractivity contribution in [2.24, 2.45) is 0 Å². The van der Waals surface area contributed by atoms with Crippen LogP contribution < -0.4 is 10.5 Å². The fraction of sp³-hybridized carbons (Fsp3) is 0.417. The molecule has 17 heavy (non-hydrogen) atoms. The Hall–Kier alpha value is -1.75. The van der Waals surface area contributed by atoms with E-state index in [9.17, 15) is 4.79 Å². The average molecular weight is 238 g/mol. The maximum Gasteiger partial charge on any atom is 0.337 e. The van der Waals surface area contributed by atoms with Crippen LogP contribution in [0.5, 0.6) is 5.75 Å². The quantitative estimate of drug-likeness (QED) is 0.577. The van der Waals surface area contributed by atoms with E-state index in [1.54, 1.807) is 12.1 Å². The maximum atomic E-state index is 10.9. The molecule has 1 aromatic carbocycles.